The van der Waals surface area contributed by atoms with Crippen molar-refractivity contribution in [2.45, 2.75) is 42.8 Å². The van der Waals surface area contributed by atoms with Gasteiger partial charge in [0.25, 0.3) is 5.56 Å². The summed E-state index contributed by atoms with van der Waals surface area (Å²) < 4.78 is 3.52. The number of fused-ring (bicyclic) bond motifs is 3. The molecular weight excluding hydrogens is 398 g/mol. The van der Waals surface area contributed by atoms with Gasteiger partial charge in [0.2, 0.25) is 11.7 Å². The van der Waals surface area contributed by atoms with E-state index in [2.05, 4.69) is 15.5 Å². The number of nitrogens with zero attached hydrogens (tertiary/aromatic N) is 4. The van der Waals surface area contributed by atoms with Gasteiger partial charge in [-0.25, -0.2) is 0 Å². The number of amides is 1. The molecule has 0 radical (unpaired) electrons. The number of rotatable bonds is 6. The molecule has 1 aliphatic carbocycles. The fourth-order valence-electron chi connectivity index (χ4n) is 3.48. The van der Waals surface area contributed by atoms with Crippen LogP contribution in [0, 0.1) is 0 Å². The van der Waals surface area contributed by atoms with Crippen molar-refractivity contribution in [1.82, 2.24) is 24.5 Å². The molecule has 1 saturated carbocycles. The van der Waals surface area contributed by atoms with Crippen molar-refractivity contribution in [2.24, 2.45) is 0 Å². The van der Waals surface area contributed by atoms with Gasteiger partial charge in [0, 0.05) is 6.04 Å². The van der Waals surface area contributed by atoms with E-state index in [9.17, 15) is 9.59 Å². The van der Waals surface area contributed by atoms with Gasteiger partial charge in [0.15, 0.2) is 5.16 Å². The van der Waals surface area contributed by atoms with Crippen LogP contribution in [-0.2, 0) is 11.3 Å². The Bertz CT molecular complexity index is 1290. The van der Waals surface area contributed by atoms with Gasteiger partial charge in [-0.15, -0.1) is 10.2 Å². The summed E-state index contributed by atoms with van der Waals surface area (Å²) in [6.45, 7) is 2.26. The Morgan fingerprint density at radius 2 is 1.87 bits per heavy atom. The van der Waals surface area contributed by atoms with Crippen LogP contribution in [0.1, 0.15) is 25.3 Å². The fraction of sp³-hybridized carbons (Fsp3) is 0.273. The standard InChI is InChI=1S/C22H21N5O2S/c1-14(19(28)23-16-11-12-16)30-22-25-24-21-26(13-15-7-3-2-4-8-15)20(29)17-9-5-6-10-18(17)27(21)22/h2-10,14,16H,11-13H2,1H3,(H,23,28). The van der Waals surface area contributed by atoms with Gasteiger partial charge in [0.05, 0.1) is 22.7 Å². The Kier molecular flexibility index (Phi) is 4.78. The average molecular weight is 420 g/mol. The maximum Gasteiger partial charge on any atom is 0.263 e. The first-order chi connectivity index (χ1) is 14.6. The summed E-state index contributed by atoms with van der Waals surface area (Å²) in [7, 11) is 0. The lowest BCUT2D eigenvalue weighted by Gasteiger charge is -2.13. The minimum absolute atomic E-state index is 0.00108. The molecule has 1 fully saturated rings. The van der Waals surface area contributed by atoms with Crippen LogP contribution < -0.4 is 10.9 Å². The monoisotopic (exact) mass is 419 g/mol. The maximum absolute atomic E-state index is 13.2. The van der Waals surface area contributed by atoms with Gasteiger partial charge in [-0.3, -0.25) is 18.6 Å². The van der Waals surface area contributed by atoms with Crippen molar-refractivity contribution < 1.29 is 4.79 Å². The van der Waals surface area contributed by atoms with Crippen molar-refractivity contribution in [2.75, 3.05) is 0 Å². The molecule has 1 atom stereocenters. The zero-order chi connectivity index (χ0) is 20.7. The van der Waals surface area contributed by atoms with Crippen LogP contribution >= 0.6 is 11.8 Å². The molecule has 1 aliphatic rings. The van der Waals surface area contributed by atoms with E-state index in [0.717, 1.165) is 23.9 Å². The second-order valence-corrected chi connectivity index (χ2v) is 8.86. The highest BCUT2D eigenvalue weighted by molar-refractivity contribution is 8.00. The zero-order valence-electron chi connectivity index (χ0n) is 16.5. The Labute approximate surface area is 177 Å². The van der Waals surface area contributed by atoms with E-state index < -0.39 is 0 Å². The lowest BCUT2D eigenvalue weighted by atomic mass is 10.2. The van der Waals surface area contributed by atoms with Crippen molar-refractivity contribution in [1.29, 1.82) is 0 Å². The lowest BCUT2D eigenvalue weighted by Crippen LogP contribution is -2.32. The van der Waals surface area contributed by atoms with Crippen LogP contribution in [0.3, 0.4) is 0 Å². The highest BCUT2D eigenvalue weighted by Crippen LogP contribution is 2.26. The molecule has 30 heavy (non-hydrogen) atoms. The third kappa shape index (κ3) is 3.47. The largest absolute Gasteiger partial charge is 0.352 e. The Morgan fingerprint density at radius 3 is 2.63 bits per heavy atom. The third-order valence-corrected chi connectivity index (χ3v) is 6.28. The summed E-state index contributed by atoms with van der Waals surface area (Å²) in [5.74, 6) is 0.473. The van der Waals surface area contributed by atoms with Gasteiger partial charge in [-0.1, -0.05) is 54.2 Å². The quantitative estimate of drug-likeness (QED) is 0.486. The molecule has 2 aromatic heterocycles. The molecule has 1 N–H and O–H groups in total. The predicted octanol–water partition coefficient (Wildman–Crippen LogP) is 2.85. The van der Waals surface area contributed by atoms with Gasteiger partial charge in [0.1, 0.15) is 0 Å². The average Bonchev–Trinajstić information content (AvgIpc) is 3.49. The summed E-state index contributed by atoms with van der Waals surface area (Å²) in [6, 6.07) is 17.6. The van der Waals surface area contributed by atoms with E-state index in [1.54, 1.807) is 4.57 Å². The predicted molar refractivity (Wildman–Crippen MR) is 117 cm³/mol. The van der Waals surface area contributed by atoms with Crippen molar-refractivity contribution in [3.05, 3.63) is 70.5 Å². The van der Waals surface area contributed by atoms with Crippen molar-refractivity contribution in [3.8, 4) is 0 Å². The Hall–Kier alpha value is -3.13. The molecule has 0 bridgehead atoms. The maximum atomic E-state index is 13.2. The zero-order valence-corrected chi connectivity index (χ0v) is 17.3. The van der Waals surface area contributed by atoms with Gasteiger partial charge >= 0.3 is 0 Å². The van der Waals surface area contributed by atoms with Gasteiger partial charge < -0.3 is 5.32 Å². The summed E-state index contributed by atoms with van der Waals surface area (Å²) in [4.78, 5) is 25.7. The van der Waals surface area contributed by atoms with Gasteiger partial charge in [-0.2, -0.15) is 0 Å². The highest BCUT2D eigenvalue weighted by atomic mass is 32.2. The number of carbonyl (C=O) groups excluding carboxylic acids is 1. The minimum atomic E-state index is -0.314. The van der Waals surface area contributed by atoms with E-state index in [4.69, 9.17) is 0 Å². The molecule has 4 aromatic rings. The molecule has 0 aliphatic heterocycles. The van der Waals surface area contributed by atoms with E-state index in [-0.39, 0.29) is 16.7 Å². The molecule has 152 valence electrons. The number of para-hydroxylation sites is 1. The molecule has 8 heteroatoms. The minimum Gasteiger partial charge on any atom is -0.352 e. The topological polar surface area (TPSA) is 81.3 Å². The number of thioether (sulfide) groups is 1. The lowest BCUT2D eigenvalue weighted by molar-refractivity contribution is -0.120. The normalized spacial score (nSPS) is 14.8. The van der Waals surface area contributed by atoms with Crippen LogP contribution in [0.25, 0.3) is 16.7 Å². The SMILES string of the molecule is CC(Sc1nnc2n(Cc3ccccc3)c(=O)c3ccccc3n12)C(=O)NC1CC1. The molecule has 7 nitrogen and oxygen atoms in total. The van der Waals surface area contributed by atoms with Crippen LogP contribution in [0.15, 0.2) is 64.5 Å². The van der Waals surface area contributed by atoms with E-state index in [0.29, 0.717) is 28.9 Å². The second kappa shape index (κ2) is 7.60. The molecule has 1 unspecified atom stereocenters. The van der Waals surface area contributed by atoms with Crippen LogP contribution in [0.5, 0.6) is 0 Å². The Balaban J connectivity index is 1.61. The molecule has 5 rings (SSSR count). The summed E-state index contributed by atoms with van der Waals surface area (Å²) >= 11 is 1.36. The smallest absolute Gasteiger partial charge is 0.263 e. The number of benzene rings is 2. The van der Waals surface area contributed by atoms with E-state index >= 15 is 0 Å². The molecule has 1 amide bonds. The summed E-state index contributed by atoms with van der Waals surface area (Å²) in [5.41, 5.74) is 1.64. The molecule has 0 saturated heterocycles. The molecule has 2 heterocycles. The number of aromatic nitrogens is 4. The third-order valence-electron chi connectivity index (χ3n) is 5.24. The second-order valence-electron chi connectivity index (χ2n) is 7.55. The first kappa shape index (κ1) is 18.9. The van der Waals surface area contributed by atoms with E-state index in [1.807, 2.05) is 65.9 Å². The summed E-state index contributed by atoms with van der Waals surface area (Å²) in [5, 5.41) is 12.6. The number of nitrogens with one attached hydrogen (secondary N) is 1. The van der Waals surface area contributed by atoms with Crippen molar-refractivity contribution in [3.63, 3.8) is 0 Å². The molecular formula is C22H21N5O2S. The van der Waals surface area contributed by atoms with E-state index in [1.165, 1.54) is 11.8 Å². The number of carbonyl (C=O) groups is 1. The van der Waals surface area contributed by atoms with Gasteiger partial charge in [-0.05, 0) is 37.5 Å². The van der Waals surface area contributed by atoms with Crippen molar-refractivity contribution >= 4 is 34.3 Å². The molecule has 0 spiro atoms. The highest BCUT2D eigenvalue weighted by Gasteiger charge is 2.27. The summed E-state index contributed by atoms with van der Waals surface area (Å²) in [6.07, 6.45) is 2.10. The molecule has 2 aromatic carbocycles. The number of hydrogen-bond acceptors (Lipinski definition) is 5. The van der Waals surface area contributed by atoms with Crippen LogP contribution in [-0.4, -0.2) is 36.4 Å². The first-order valence-corrected chi connectivity index (χ1v) is 10.9. The van der Waals surface area contributed by atoms with Crippen LogP contribution in [0.4, 0.5) is 0 Å². The number of hydrogen-bond donors (Lipinski definition) is 1. The first-order valence-electron chi connectivity index (χ1n) is 9.99. The Morgan fingerprint density at radius 1 is 1.13 bits per heavy atom. The van der Waals surface area contributed by atoms with Crippen LogP contribution in [0.2, 0.25) is 0 Å². The fourth-order valence-corrected chi connectivity index (χ4v) is 4.34.